The largest absolute Gasteiger partial charge is 0.483 e. The number of fused-ring (bicyclic) bond motifs is 4. The van der Waals surface area contributed by atoms with Gasteiger partial charge in [-0.25, -0.2) is 0 Å². The van der Waals surface area contributed by atoms with Gasteiger partial charge in [-0.1, -0.05) is 0 Å². The molecule has 4 aliphatic carbocycles. The van der Waals surface area contributed by atoms with E-state index < -0.39 is 35.2 Å². The Morgan fingerprint density at radius 3 is 0.771 bits per heavy atom. The van der Waals surface area contributed by atoms with Crippen LogP contribution in [0.2, 0.25) is 24.2 Å². The van der Waals surface area contributed by atoms with E-state index in [2.05, 4.69) is 0 Å². The van der Waals surface area contributed by atoms with Crippen LogP contribution in [0.1, 0.15) is 103 Å². The van der Waals surface area contributed by atoms with Crippen LogP contribution in [-0.4, -0.2) is 103 Å². The van der Waals surface area contributed by atoms with Crippen LogP contribution in [0.5, 0.6) is 0 Å². The highest BCUT2D eigenvalue weighted by atomic mass is 28.5. The maximum absolute atomic E-state index is 12.3. The van der Waals surface area contributed by atoms with E-state index in [1.807, 2.05) is 0 Å². The van der Waals surface area contributed by atoms with Crippen molar-refractivity contribution in [3.63, 3.8) is 0 Å². The molecule has 48 heavy (non-hydrogen) atoms. The van der Waals surface area contributed by atoms with Crippen molar-refractivity contribution in [3.8, 4) is 0 Å². The van der Waals surface area contributed by atoms with Crippen molar-refractivity contribution in [2.24, 2.45) is 23.7 Å². The SMILES string of the molecule is O[Si]1(CCC2CCC3OC3C2)O[Si](O)(CCC2CCC3OC3C2)O[Si](O)(CCC2CCC3OC3C2)O[Si](O)(CCC2CCC3OC3C2)O1. The fourth-order valence-electron chi connectivity index (χ4n) is 10.0. The van der Waals surface area contributed by atoms with Gasteiger partial charge in [-0.2, -0.15) is 0 Å². The summed E-state index contributed by atoms with van der Waals surface area (Å²) < 4.78 is 48.9. The van der Waals surface area contributed by atoms with Crippen LogP contribution in [0, 0.1) is 23.7 Å². The summed E-state index contributed by atoms with van der Waals surface area (Å²) in [5.74, 6) is 1.42. The van der Waals surface area contributed by atoms with E-state index >= 15 is 0 Å². The number of hydrogen-bond acceptors (Lipinski definition) is 12. The molecule has 272 valence electrons. The lowest BCUT2D eigenvalue weighted by Crippen LogP contribution is -2.71. The minimum absolute atomic E-state index is 0.207. The zero-order valence-electron chi connectivity index (χ0n) is 28.1. The number of ether oxygens (including phenoxy) is 4. The lowest BCUT2D eigenvalue weighted by molar-refractivity contribution is 0.0631. The lowest BCUT2D eigenvalue weighted by atomic mass is 9.88. The first-order valence-electron chi connectivity index (χ1n) is 19.3. The van der Waals surface area contributed by atoms with Crippen LogP contribution in [0.25, 0.3) is 0 Å². The summed E-state index contributed by atoms with van der Waals surface area (Å²) in [5, 5.41) is 0. The first-order valence-corrected chi connectivity index (χ1v) is 27.2. The van der Waals surface area contributed by atoms with Gasteiger partial charge < -0.3 is 54.6 Å². The minimum Gasteiger partial charge on any atom is -0.391 e. The summed E-state index contributed by atoms with van der Waals surface area (Å²) in [6.07, 6.45) is 17.3. The molecule has 5 saturated heterocycles. The van der Waals surface area contributed by atoms with Gasteiger partial charge >= 0.3 is 35.2 Å². The second kappa shape index (κ2) is 13.1. The Kier molecular flexibility index (Phi) is 9.29. The second-order valence-electron chi connectivity index (χ2n) is 17.0. The summed E-state index contributed by atoms with van der Waals surface area (Å²) in [4.78, 5) is 49.2. The molecule has 0 aromatic carbocycles. The Morgan fingerprint density at radius 1 is 0.333 bits per heavy atom. The molecule has 9 aliphatic rings. The third kappa shape index (κ3) is 8.13. The molecule has 5 heterocycles. The molecule has 12 nitrogen and oxygen atoms in total. The highest BCUT2D eigenvalue weighted by molar-refractivity contribution is 6.87. The van der Waals surface area contributed by atoms with Crippen molar-refractivity contribution >= 4 is 35.2 Å². The summed E-state index contributed by atoms with van der Waals surface area (Å²) in [5.41, 5.74) is 0. The molecule has 0 aromatic heterocycles. The smallest absolute Gasteiger partial charge is 0.391 e. The highest BCUT2D eigenvalue weighted by Gasteiger charge is 2.65. The van der Waals surface area contributed by atoms with Gasteiger partial charge in [-0.05, 0) is 126 Å². The Balaban J connectivity index is 0.939. The van der Waals surface area contributed by atoms with Crippen molar-refractivity contribution in [2.45, 2.75) is 176 Å². The van der Waals surface area contributed by atoms with E-state index in [9.17, 15) is 19.2 Å². The van der Waals surface area contributed by atoms with Gasteiger partial charge in [-0.3, -0.25) is 0 Å². The number of rotatable bonds is 12. The highest BCUT2D eigenvalue weighted by Crippen LogP contribution is 2.47. The Bertz CT molecular complexity index is 1000. The molecule has 12 atom stereocenters. The van der Waals surface area contributed by atoms with Crippen LogP contribution in [0.3, 0.4) is 0 Å². The van der Waals surface area contributed by atoms with E-state index in [4.69, 9.17) is 35.4 Å². The molecule has 12 unspecified atom stereocenters. The topological polar surface area (TPSA) is 168 Å². The third-order valence-electron chi connectivity index (χ3n) is 13.2. The predicted molar refractivity (Wildman–Crippen MR) is 178 cm³/mol. The van der Waals surface area contributed by atoms with Crippen molar-refractivity contribution in [1.82, 2.24) is 0 Å². The van der Waals surface area contributed by atoms with E-state index in [0.717, 1.165) is 77.0 Å². The van der Waals surface area contributed by atoms with Crippen LogP contribution in [-0.2, 0) is 35.4 Å². The van der Waals surface area contributed by atoms with Gasteiger partial charge in [0.25, 0.3) is 0 Å². The molecule has 4 N–H and O–H groups in total. The minimum atomic E-state index is -4.21. The molecule has 9 fully saturated rings. The van der Waals surface area contributed by atoms with Gasteiger partial charge in [0.2, 0.25) is 0 Å². The fourth-order valence-corrected chi connectivity index (χ4v) is 26.5. The quantitative estimate of drug-likeness (QED) is 0.170. The molecule has 16 heteroatoms. The summed E-state index contributed by atoms with van der Waals surface area (Å²) in [6, 6.07) is 0.830. The van der Waals surface area contributed by atoms with Crippen LogP contribution >= 0.6 is 0 Å². The van der Waals surface area contributed by atoms with Gasteiger partial charge in [0.1, 0.15) is 0 Å². The summed E-state index contributed by atoms with van der Waals surface area (Å²) in [7, 11) is -16.8. The van der Waals surface area contributed by atoms with Crippen molar-refractivity contribution in [2.75, 3.05) is 0 Å². The molecule has 9 rings (SSSR count). The first-order chi connectivity index (χ1) is 23.0. The zero-order valence-corrected chi connectivity index (χ0v) is 32.1. The maximum Gasteiger partial charge on any atom is 0.483 e. The summed E-state index contributed by atoms with van der Waals surface area (Å²) >= 11 is 0. The predicted octanol–water partition coefficient (Wildman–Crippen LogP) is 3.62. The van der Waals surface area contributed by atoms with Crippen LogP contribution in [0.15, 0.2) is 0 Å². The lowest BCUT2D eigenvalue weighted by Gasteiger charge is -2.45. The molecule has 0 bridgehead atoms. The molecular formula is C32H56O12Si4. The average Bonchev–Trinajstić information content (AvgIpc) is 3.85. The van der Waals surface area contributed by atoms with E-state index in [-0.39, 0.29) is 24.2 Å². The molecule has 4 saturated carbocycles. The van der Waals surface area contributed by atoms with Crippen LogP contribution in [0.4, 0.5) is 0 Å². The Hall–Kier alpha value is 0.388. The molecule has 0 spiro atoms. The monoisotopic (exact) mass is 744 g/mol. The van der Waals surface area contributed by atoms with Gasteiger partial charge in [0.15, 0.2) is 0 Å². The second-order valence-corrected chi connectivity index (χ2v) is 27.9. The van der Waals surface area contributed by atoms with Crippen molar-refractivity contribution in [3.05, 3.63) is 0 Å². The number of epoxide rings is 4. The van der Waals surface area contributed by atoms with E-state index in [1.165, 1.54) is 0 Å². The Morgan fingerprint density at radius 2 is 0.562 bits per heavy atom. The zero-order chi connectivity index (χ0) is 32.7. The van der Waals surface area contributed by atoms with E-state index in [0.29, 0.717) is 98.2 Å². The summed E-state index contributed by atoms with van der Waals surface area (Å²) in [6.45, 7) is 0. The first kappa shape index (κ1) is 34.2. The average molecular weight is 745 g/mol. The fraction of sp³-hybridized carbons (Fsp3) is 1.00. The molecule has 0 radical (unpaired) electrons. The van der Waals surface area contributed by atoms with Gasteiger partial charge in [0, 0.05) is 24.2 Å². The maximum atomic E-state index is 12.3. The normalized spacial score (nSPS) is 55.2. The van der Waals surface area contributed by atoms with Gasteiger partial charge in [0.05, 0.1) is 48.8 Å². The Labute approximate surface area is 288 Å². The van der Waals surface area contributed by atoms with Crippen LogP contribution < -0.4 is 0 Å². The van der Waals surface area contributed by atoms with Crippen molar-refractivity contribution in [1.29, 1.82) is 0 Å². The molecule has 0 aromatic rings. The standard InChI is InChI=1S/C32H56O12Si4/c33-45(13-9-21-1-5-25-29(17-21)37-25)41-46(34,14-10-22-2-6-26-30(18-22)38-26)43-48(36,16-12-24-4-8-28-32(20-24)40-28)44-47(35,42-45)15-11-23-3-7-27-31(19-23)39-27/h21-36H,1-20H2. The molecule has 0 amide bonds. The van der Waals surface area contributed by atoms with E-state index in [1.54, 1.807) is 0 Å². The molecular weight excluding hydrogens is 689 g/mol. The van der Waals surface area contributed by atoms with Gasteiger partial charge in [-0.15, -0.1) is 0 Å². The third-order valence-corrected chi connectivity index (χ3v) is 27.1. The number of hydrogen-bond donors (Lipinski definition) is 4. The van der Waals surface area contributed by atoms with Crippen molar-refractivity contribution < 1.29 is 54.6 Å². The molecule has 5 aliphatic heterocycles.